The number of urea groups is 1. The van der Waals surface area contributed by atoms with Crippen LogP contribution in [0.5, 0.6) is 0 Å². The third-order valence-electron chi connectivity index (χ3n) is 5.46. The van der Waals surface area contributed by atoms with Gasteiger partial charge in [0, 0.05) is 23.9 Å². The number of nitrogens with zero attached hydrogens (tertiary/aromatic N) is 1. The van der Waals surface area contributed by atoms with Gasteiger partial charge in [-0.2, -0.15) is 0 Å². The molecule has 1 aliphatic heterocycles. The number of hydrogen-bond acceptors (Lipinski definition) is 2. The minimum atomic E-state index is -0.232. The van der Waals surface area contributed by atoms with Crippen molar-refractivity contribution >= 4 is 6.03 Å². The van der Waals surface area contributed by atoms with E-state index in [9.17, 15) is 4.79 Å². The van der Waals surface area contributed by atoms with Gasteiger partial charge in [-0.1, -0.05) is 25.7 Å². The van der Waals surface area contributed by atoms with Crippen molar-refractivity contribution in [3.8, 4) is 0 Å². The normalized spacial score (nSPS) is 37.2. The monoisotopic (exact) mass is 278 g/mol. The molecular formula is C16H26N2O2. The molecule has 2 fully saturated rings. The van der Waals surface area contributed by atoms with E-state index in [4.69, 9.17) is 10.5 Å². The lowest BCUT2D eigenvalue weighted by Gasteiger charge is -2.44. The Balaban J connectivity index is 1.99. The number of amides is 2. The van der Waals surface area contributed by atoms with Gasteiger partial charge in [-0.05, 0) is 31.8 Å². The second kappa shape index (κ2) is 5.66. The van der Waals surface area contributed by atoms with E-state index in [-0.39, 0.29) is 12.1 Å². The van der Waals surface area contributed by atoms with Crippen LogP contribution in [0.15, 0.2) is 11.8 Å². The van der Waals surface area contributed by atoms with Gasteiger partial charge in [-0.25, -0.2) is 4.79 Å². The standard InChI is InChI=1S/C16H26N2O2/c1-20-15-10-11-6-2-4-8-13(11)18(16(17)19)14-9-5-3-7-12(14)15/h10-14H,2-9H2,1H3,(H2,17,19). The number of primary amides is 1. The first-order valence-corrected chi connectivity index (χ1v) is 8.06. The van der Waals surface area contributed by atoms with Crippen molar-refractivity contribution in [2.75, 3.05) is 7.11 Å². The van der Waals surface area contributed by atoms with Crippen molar-refractivity contribution in [3.63, 3.8) is 0 Å². The Labute approximate surface area is 121 Å². The van der Waals surface area contributed by atoms with E-state index in [0.717, 1.165) is 31.4 Å². The van der Waals surface area contributed by atoms with Crippen LogP contribution in [-0.4, -0.2) is 30.1 Å². The highest BCUT2D eigenvalue weighted by Gasteiger charge is 2.44. The highest BCUT2D eigenvalue weighted by Crippen LogP contribution is 2.42. The maximum absolute atomic E-state index is 12.1. The van der Waals surface area contributed by atoms with Crippen LogP contribution < -0.4 is 5.73 Å². The van der Waals surface area contributed by atoms with Gasteiger partial charge in [0.1, 0.15) is 0 Å². The molecule has 0 radical (unpaired) electrons. The van der Waals surface area contributed by atoms with E-state index in [0.29, 0.717) is 17.9 Å². The average molecular weight is 278 g/mol. The third kappa shape index (κ3) is 2.29. The number of methoxy groups -OCH3 is 1. The van der Waals surface area contributed by atoms with Crippen molar-refractivity contribution in [1.82, 2.24) is 4.90 Å². The number of hydrogen-bond donors (Lipinski definition) is 1. The number of carbonyl (C=O) groups is 1. The van der Waals surface area contributed by atoms with Gasteiger partial charge in [-0.15, -0.1) is 0 Å². The van der Waals surface area contributed by atoms with E-state index < -0.39 is 0 Å². The highest BCUT2D eigenvalue weighted by atomic mass is 16.5. The Kier molecular flexibility index (Phi) is 3.90. The molecule has 0 aromatic heterocycles. The van der Waals surface area contributed by atoms with Crippen LogP contribution >= 0.6 is 0 Å². The summed E-state index contributed by atoms with van der Waals surface area (Å²) in [6.45, 7) is 0. The number of nitrogens with two attached hydrogens (primary N) is 1. The zero-order valence-corrected chi connectivity index (χ0v) is 12.4. The molecule has 0 aromatic carbocycles. The second-order valence-electron chi connectivity index (χ2n) is 6.49. The van der Waals surface area contributed by atoms with Crippen LogP contribution in [0.1, 0.15) is 51.4 Å². The summed E-state index contributed by atoms with van der Waals surface area (Å²) in [7, 11) is 1.77. The molecule has 4 unspecified atom stereocenters. The molecule has 3 aliphatic rings. The first-order valence-electron chi connectivity index (χ1n) is 8.06. The van der Waals surface area contributed by atoms with Crippen LogP contribution in [0, 0.1) is 11.8 Å². The first-order chi connectivity index (χ1) is 9.72. The summed E-state index contributed by atoms with van der Waals surface area (Å²) < 4.78 is 5.70. The van der Waals surface area contributed by atoms with Crippen LogP contribution in [0.25, 0.3) is 0 Å². The van der Waals surface area contributed by atoms with Crippen LogP contribution in [0.4, 0.5) is 4.79 Å². The topological polar surface area (TPSA) is 55.6 Å². The van der Waals surface area contributed by atoms with Crippen molar-refractivity contribution in [3.05, 3.63) is 11.8 Å². The fourth-order valence-corrected chi connectivity index (χ4v) is 4.58. The van der Waals surface area contributed by atoms with Crippen LogP contribution in [0.2, 0.25) is 0 Å². The Bertz CT molecular complexity index is 407. The molecule has 4 atom stereocenters. The Morgan fingerprint density at radius 3 is 2.50 bits per heavy atom. The molecule has 0 spiro atoms. The molecule has 0 saturated heterocycles. The lowest BCUT2D eigenvalue weighted by molar-refractivity contribution is 0.0694. The van der Waals surface area contributed by atoms with E-state index in [2.05, 4.69) is 6.08 Å². The SMILES string of the molecule is COC1=CC2CCCCC2N(C(N)=O)C2CCCCC12. The lowest BCUT2D eigenvalue weighted by Crippen LogP contribution is -2.55. The Morgan fingerprint density at radius 1 is 1.15 bits per heavy atom. The van der Waals surface area contributed by atoms with E-state index in [1.165, 1.54) is 25.7 Å². The van der Waals surface area contributed by atoms with E-state index in [1.807, 2.05) is 4.90 Å². The molecular weight excluding hydrogens is 252 g/mol. The molecule has 4 nitrogen and oxygen atoms in total. The van der Waals surface area contributed by atoms with Gasteiger partial charge in [0.15, 0.2) is 0 Å². The summed E-state index contributed by atoms with van der Waals surface area (Å²) >= 11 is 0. The predicted molar refractivity (Wildman–Crippen MR) is 78.0 cm³/mol. The summed E-state index contributed by atoms with van der Waals surface area (Å²) in [5.74, 6) is 1.89. The summed E-state index contributed by atoms with van der Waals surface area (Å²) in [4.78, 5) is 14.1. The molecule has 4 heteroatoms. The number of carbonyl (C=O) groups excluding carboxylic acids is 1. The fraction of sp³-hybridized carbons (Fsp3) is 0.812. The largest absolute Gasteiger partial charge is 0.501 e. The second-order valence-corrected chi connectivity index (χ2v) is 6.49. The van der Waals surface area contributed by atoms with Crippen molar-refractivity contribution in [1.29, 1.82) is 0 Å². The lowest BCUT2D eigenvalue weighted by atomic mass is 9.82. The quantitative estimate of drug-likeness (QED) is 0.801. The van der Waals surface area contributed by atoms with Crippen molar-refractivity contribution in [2.24, 2.45) is 17.6 Å². The zero-order chi connectivity index (χ0) is 14.1. The molecule has 2 saturated carbocycles. The highest BCUT2D eigenvalue weighted by molar-refractivity contribution is 5.73. The minimum absolute atomic E-state index is 0.232. The van der Waals surface area contributed by atoms with Gasteiger partial charge >= 0.3 is 6.03 Å². The molecule has 2 aliphatic carbocycles. The molecule has 0 aromatic rings. The summed E-state index contributed by atoms with van der Waals surface area (Å²) in [5.41, 5.74) is 5.76. The summed E-state index contributed by atoms with van der Waals surface area (Å²) in [6, 6.07) is 0.310. The third-order valence-corrected chi connectivity index (χ3v) is 5.46. The maximum Gasteiger partial charge on any atom is 0.315 e. The summed E-state index contributed by atoms with van der Waals surface area (Å²) in [6.07, 6.45) is 11.6. The maximum atomic E-state index is 12.1. The number of ether oxygens (including phenoxy) is 1. The number of rotatable bonds is 1. The predicted octanol–water partition coefficient (Wildman–Crippen LogP) is 3.03. The van der Waals surface area contributed by atoms with E-state index >= 15 is 0 Å². The van der Waals surface area contributed by atoms with Gasteiger partial charge in [0.25, 0.3) is 0 Å². The molecule has 1 heterocycles. The molecule has 112 valence electrons. The van der Waals surface area contributed by atoms with Crippen molar-refractivity contribution < 1.29 is 9.53 Å². The molecule has 3 rings (SSSR count). The fourth-order valence-electron chi connectivity index (χ4n) is 4.58. The Hall–Kier alpha value is -1.19. The van der Waals surface area contributed by atoms with Gasteiger partial charge in [0.05, 0.1) is 12.9 Å². The first kappa shape index (κ1) is 13.8. The smallest absolute Gasteiger partial charge is 0.315 e. The molecule has 0 bridgehead atoms. The van der Waals surface area contributed by atoms with Gasteiger partial charge in [-0.3, -0.25) is 0 Å². The Morgan fingerprint density at radius 2 is 1.80 bits per heavy atom. The minimum Gasteiger partial charge on any atom is -0.501 e. The van der Waals surface area contributed by atoms with Crippen LogP contribution in [-0.2, 0) is 4.74 Å². The molecule has 2 amide bonds. The molecule has 20 heavy (non-hydrogen) atoms. The van der Waals surface area contributed by atoms with E-state index in [1.54, 1.807) is 7.11 Å². The molecule has 2 N–H and O–H groups in total. The van der Waals surface area contributed by atoms with Gasteiger partial charge < -0.3 is 15.4 Å². The van der Waals surface area contributed by atoms with Crippen molar-refractivity contribution in [2.45, 2.75) is 63.5 Å². The van der Waals surface area contributed by atoms with Gasteiger partial charge in [0.2, 0.25) is 0 Å². The zero-order valence-electron chi connectivity index (χ0n) is 12.4. The average Bonchev–Trinajstić information content (AvgIpc) is 2.61. The van der Waals surface area contributed by atoms with Crippen LogP contribution in [0.3, 0.4) is 0 Å². The number of fused-ring (bicyclic) bond motifs is 2. The summed E-state index contributed by atoms with van der Waals surface area (Å²) in [5, 5.41) is 0.